The first-order chi connectivity index (χ1) is 16.8. The number of allylic oxidation sites excluding steroid dienone is 2. The Balaban J connectivity index is 0.000000260. The van der Waals surface area contributed by atoms with E-state index in [-0.39, 0.29) is 43.5 Å². The smallest absolute Gasteiger partial charge is 0.161 e. The van der Waals surface area contributed by atoms with Crippen LogP contribution in [0.25, 0.3) is 42.3 Å². The third-order valence-corrected chi connectivity index (χ3v) is 7.23. The van der Waals surface area contributed by atoms with Crippen LogP contribution >= 0.6 is 11.3 Å². The Morgan fingerprint density at radius 1 is 0.944 bits per heavy atom. The quantitative estimate of drug-likeness (QED) is 0.119. The molecule has 1 radical (unpaired) electrons. The van der Waals surface area contributed by atoms with Gasteiger partial charge in [0.25, 0.3) is 0 Å². The van der Waals surface area contributed by atoms with Gasteiger partial charge in [0.05, 0.1) is 11.3 Å². The van der Waals surface area contributed by atoms with Crippen molar-refractivity contribution in [1.82, 2.24) is 9.97 Å². The van der Waals surface area contributed by atoms with Gasteiger partial charge in [0.2, 0.25) is 0 Å². The van der Waals surface area contributed by atoms with Gasteiger partial charge < -0.3 is 10.1 Å². The number of hydrogen-bond acceptors (Lipinski definition) is 5. The summed E-state index contributed by atoms with van der Waals surface area (Å²) >= 11 is 1.80. The Labute approximate surface area is 229 Å². The molecule has 5 aromatic rings. The van der Waals surface area contributed by atoms with Crippen LogP contribution in [0.4, 0.5) is 0 Å². The summed E-state index contributed by atoms with van der Waals surface area (Å²) in [5.74, 6) is 0.161. The predicted molar refractivity (Wildman–Crippen MR) is 147 cm³/mol. The van der Waals surface area contributed by atoms with Crippen LogP contribution in [-0.4, -0.2) is 20.9 Å². The monoisotopic (exact) mass is 674 g/mol. The average molecular weight is 674 g/mol. The molecule has 2 aromatic carbocycles. The van der Waals surface area contributed by atoms with Gasteiger partial charge in [-0.3, -0.25) is 9.78 Å². The first-order valence-electron chi connectivity index (χ1n) is 11.7. The number of aryl methyl sites for hydroxylation is 1. The van der Waals surface area contributed by atoms with Crippen molar-refractivity contribution in [2.75, 3.05) is 0 Å². The minimum atomic E-state index is -0.0316. The summed E-state index contributed by atoms with van der Waals surface area (Å²) < 4.78 is 2.52. The second-order valence-electron chi connectivity index (χ2n) is 9.21. The molecule has 0 saturated heterocycles. The standard InChI is InChI=1S/C21H13N2S.C9H16O2.Ir/c1-13-5-4-7-15-16-11-22-12-17(21(16)24-20(13)15)19-10-9-14-6-2-3-8-18(14)23-19;1-6(2)8(10)5-9(11)7(3)4;/h2-11H,1H3;5-7,10H,1-4H3;/q-1;;/b;8-5-;. The van der Waals surface area contributed by atoms with Crippen LogP contribution in [0.15, 0.2) is 72.6 Å². The van der Waals surface area contributed by atoms with E-state index in [1.54, 1.807) is 11.3 Å². The van der Waals surface area contributed by atoms with Crippen molar-refractivity contribution >= 4 is 48.2 Å². The molecule has 4 nitrogen and oxygen atoms in total. The summed E-state index contributed by atoms with van der Waals surface area (Å²) in [6, 6.07) is 18.8. The third kappa shape index (κ3) is 5.89. The zero-order chi connectivity index (χ0) is 25.1. The van der Waals surface area contributed by atoms with Crippen molar-refractivity contribution in [2.45, 2.75) is 34.6 Å². The summed E-state index contributed by atoms with van der Waals surface area (Å²) in [5, 5.41) is 12.8. The van der Waals surface area contributed by atoms with E-state index in [0.29, 0.717) is 0 Å². The molecule has 5 rings (SSSR count). The molecule has 0 aliphatic carbocycles. The molecule has 0 bridgehead atoms. The van der Waals surface area contributed by atoms with Crippen molar-refractivity contribution in [3.63, 3.8) is 0 Å². The van der Waals surface area contributed by atoms with Gasteiger partial charge in [0.1, 0.15) is 0 Å². The molecule has 0 unspecified atom stereocenters. The summed E-state index contributed by atoms with van der Waals surface area (Å²) in [6.45, 7) is 9.47. The Morgan fingerprint density at radius 2 is 1.69 bits per heavy atom. The van der Waals surface area contributed by atoms with Crippen molar-refractivity contribution < 1.29 is 30.0 Å². The molecule has 0 spiro atoms. The molecule has 187 valence electrons. The number of thiophene rings is 1. The van der Waals surface area contributed by atoms with Crippen molar-refractivity contribution in [3.8, 4) is 11.3 Å². The van der Waals surface area contributed by atoms with Crippen molar-refractivity contribution in [1.29, 1.82) is 0 Å². The molecule has 3 heterocycles. The number of para-hydroxylation sites is 1. The topological polar surface area (TPSA) is 63.1 Å². The van der Waals surface area contributed by atoms with Gasteiger partial charge >= 0.3 is 0 Å². The van der Waals surface area contributed by atoms with Crippen molar-refractivity contribution in [2.24, 2.45) is 11.8 Å². The fraction of sp³-hybridized carbons (Fsp3) is 0.233. The number of pyridine rings is 2. The first kappa shape index (κ1) is 27.7. The number of aliphatic hydroxyl groups is 1. The molecule has 6 heteroatoms. The summed E-state index contributed by atoms with van der Waals surface area (Å²) in [4.78, 5) is 20.2. The second-order valence-corrected chi connectivity index (χ2v) is 10.2. The van der Waals surface area contributed by atoms with Crippen LogP contribution in [0, 0.1) is 25.0 Å². The Morgan fingerprint density at radius 3 is 2.42 bits per heavy atom. The van der Waals surface area contributed by atoms with Gasteiger partial charge in [0.15, 0.2) is 5.78 Å². The fourth-order valence-electron chi connectivity index (χ4n) is 3.66. The number of aliphatic hydroxyl groups excluding tert-OH is 1. The van der Waals surface area contributed by atoms with E-state index < -0.39 is 0 Å². The normalized spacial score (nSPS) is 11.6. The number of ketones is 1. The minimum Gasteiger partial charge on any atom is -0.512 e. The number of carbonyl (C=O) groups excluding carboxylic acids is 1. The van der Waals surface area contributed by atoms with Gasteiger partial charge in [0, 0.05) is 42.7 Å². The molecular weight excluding hydrogens is 645 g/mol. The van der Waals surface area contributed by atoms with Gasteiger partial charge in [-0.05, 0) is 52.1 Å². The number of aromatic nitrogens is 2. The van der Waals surface area contributed by atoms with Crippen LogP contribution < -0.4 is 0 Å². The Hall–Kier alpha value is -2.92. The summed E-state index contributed by atoms with van der Waals surface area (Å²) in [5.41, 5.74) is 4.21. The van der Waals surface area contributed by atoms with E-state index in [4.69, 9.17) is 4.98 Å². The van der Waals surface area contributed by atoms with E-state index in [0.717, 1.165) is 22.2 Å². The van der Waals surface area contributed by atoms with E-state index >= 15 is 0 Å². The molecular formula is C30H29IrN2O2S-. The van der Waals surface area contributed by atoms with Gasteiger partial charge in [-0.25, -0.2) is 0 Å². The summed E-state index contributed by atoms with van der Waals surface area (Å²) in [6.07, 6.45) is 6.40. The van der Waals surface area contributed by atoms with Crippen LogP contribution in [0.1, 0.15) is 33.3 Å². The molecule has 36 heavy (non-hydrogen) atoms. The van der Waals surface area contributed by atoms with Gasteiger partial charge in [-0.2, -0.15) is 11.3 Å². The molecule has 0 amide bonds. The van der Waals surface area contributed by atoms with Crippen LogP contribution in [-0.2, 0) is 24.9 Å². The number of carbonyl (C=O) groups is 1. The van der Waals surface area contributed by atoms with E-state index in [1.807, 2.05) is 52.1 Å². The molecule has 0 aliphatic heterocycles. The van der Waals surface area contributed by atoms with E-state index in [9.17, 15) is 9.90 Å². The maximum Gasteiger partial charge on any atom is 0.161 e. The molecule has 1 N–H and O–H groups in total. The largest absolute Gasteiger partial charge is 0.512 e. The Bertz CT molecular complexity index is 1550. The maximum atomic E-state index is 11.0. The zero-order valence-corrected chi connectivity index (χ0v) is 24.2. The van der Waals surface area contributed by atoms with Crippen LogP contribution in [0.3, 0.4) is 0 Å². The fourth-order valence-corrected chi connectivity index (χ4v) is 4.91. The first-order valence-corrected chi connectivity index (χ1v) is 12.6. The van der Waals surface area contributed by atoms with Crippen LogP contribution in [0.2, 0.25) is 0 Å². The number of hydrogen-bond donors (Lipinski definition) is 1. The molecule has 0 fully saturated rings. The number of nitrogens with zero attached hydrogens (tertiary/aromatic N) is 2. The molecule has 0 atom stereocenters. The Kier molecular flexibility index (Phi) is 9.13. The van der Waals surface area contributed by atoms with E-state index in [2.05, 4.69) is 54.5 Å². The maximum absolute atomic E-state index is 11.0. The summed E-state index contributed by atoms with van der Waals surface area (Å²) in [7, 11) is 0. The van der Waals surface area contributed by atoms with Gasteiger partial charge in [-0.1, -0.05) is 87.2 Å². The van der Waals surface area contributed by atoms with Crippen LogP contribution in [0.5, 0.6) is 0 Å². The third-order valence-electron chi connectivity index (χ3n) is 5.85. The number of fused-ring (bicyclic) bond motifs is 4. The zero-order valence-electron chi connectivity index (χ0n) is 21.0. The number of benzene rings is 2. The molecule has 3 aromatic heterocycles. The molecule has 0 saturated carbocycles. The second kappa shape index (κ2) is 11.9. The average Bonchev–Trinajstić information content (AvgIpc) is 3.24. The minimum absolute atomic E-state index is 0. The van der Waals surface area contributed by atoms with Crippen molar-refractivity contribution in [3.05, 3.63) is 84.4 Å². The SMILES string of the molecule is CC(C)C(=O)/C=C(\O)C(C)C.Cc1cccc2c1sc1c(-c3ccc4ccccc4n3)[c-]ncc12.[Ir]. The predicted octanol–water partition coefficient (Wildman–Crippen LogP) is 8.08. The van der Waals surface area contributed by atoms with E-state index in [1.165, 1.54) is 31.8 Å². The van der Waals surface area contributed by atoms with Gasteiger partial charge in [-0.15, -0.1) is 0 Å². The molecule has 0 aliphatic rings. The number of rotatable bonds is 4.